The van der Waals surface area contributed by atoms with Gasteiger partial charge in [-0.05, 0) is 42.2 Å². The lowest BCUT2D eigenvalue weighted by atomic mass is 9.95. The van der Waals surface area contributed by atoms with Gasteiger partial charge in [0, 0.05) is 25.3 Å². The van der Waals surface area contributed by atoms with Crippen LogP contribution in [0.4, 0.5) is 0 Å². The van der Waals surface area contributed by atoms with Gasteiger partial charge in [0.25, 0.3) is 0 Å². The standard InChI is InChI=1S/C21H23BrN4/c1-14(11-20-24-17-6-4-5-7-18(17)25(20)3)16-10-15(2)21-19(12-16)26(9-8-22)13-23-21/h4-7,10,12-14H,8-9,11H2,1-3H3. The molecule has 0 aliphatic heterocycles. The summed E-state index contributed by atoms with van der Waals surface area (Å²) in [7, 11) is 2.11. The quantitative estimate of drug-likeness (QED) is 0.435. The lowest BCUT2D eigenvalue weighted by molar-refractivity contribution is 0.689. The highest BCUT2D eigenvalue weighted by atomic mass is 79.9. The fourth-order valence-corrected chi connectivity index (χ4v) is 4.07. The molecule has 0 amide bonds. The second kappa shape index (κ2) is 6.88. The first-order valence-electron chi connectivity index (χ1n) is 9.00. The van der Waals surface area contributed by atoms with E-state index < -0.39 is 0 Å². The van der Waals surface area contributed by atoms with Crippen molar-refractivity contribution in [2.24, 2.45) is 7.05 Å². The van der Waals surface area contributed by atoms with Crippen LogP contribution < -0.4 is 0 Å². The van der Waals surface area contributed by atoms with E-state index in [1.807, 2.05) is 12.4 Å². The van der Waals surface area contributed by atoms with Gasteiger partial charge in [0.1, 0.15) is 5.82 Å². The fourth-order valence-electron chi connectivity index (χ4n) is 3.69. The summed E-state index contributed by atoms with van der Waals surface area (Å²) in [5.74, 6) is 1.52. The molecule has 5 heteroatoms. The number of hydrogen-bond acceptors (Lipinski definition) is 2. The van der Waals surface area contributed by atoms with Crippen LogP contribution in [0.15, 0.2) is 42.7 Å². The van der Waals surface area contributed by atoms with E-state index in [1.54, 1.807) is 0 Å². The van der Waals surface area contributed by atoms with Crippen molar-refractivity contribution in [1.29, 1.82) is 0 Å². The molecule has 2 aromatic carbocycles. The summed E-state index contributed by atoms with van der Waals surface area (Å²) in [6.45, 7) is 5.36. The summed E-state index contributed by atoms with van der Waals surface area (Å²) in [5, 5.41) is 0.928. The van der Waals surface area contributed by atoms with Crippen LogP contribution in [-0.2, 0) is 20.0 Å². The first-order chi connectivity index (χ1) is 12.6. The van der Waals surface area contributed by atoms with Crippen molar-refractivity contribution in [3.05, 3.63) is 59.7 Å². The van der Waals surface area contributed by atoms with Gasteiger partial charge in [0.2, 0.25) is 0 Å². The van der Waals surface area contributed by atoms with Crippen LogP contribution >= 0.6 is 15.9 Å². The van der Waals surface area contributed by atoms with Crippen LogP contribution in [0.5, 0.6) is 0 Å². The Kier molecular flexibility index (Phi) is 4.57. The second-order valence-corrected chi connectivity index (χ2v) is 7.81. The predicted molar refractivity (Wildman–Crippen MR) is 111 cm³/mol. The van der Waals surface area contributed by atoms with E-state index in [-0.39, 0.29) is 0 Å². The molecule has 1 atom stereocenters. The average molecular weight is 411 g/mol. The van der Waals surface area contributed by atoms with Crippen LogP contribution in [0.25, 0.3) is 22.1 Å². The van der Waals surface area contributed by atoms with E-state index in [0.29, 0.717) is 5.92 Å². The monoisotopic (exact) mass is 410 g/mol. The van der Waals surface area contributed by atoms with E-state index in [1.165, 1.54) is 22.2 Å². The molecule has 0 aliphatic carbocycles. The number of nitrogens with zero attached hydrogens (tertiary/aromatic N) is 4. The molecule has 4 nitrogen and oxygen atoms in total. The zero-order valence-corrected chi connectivity index (χ0v) is 17.0. The minimum atomic E-state index is 0.390. The van der Waals surface area contributed by atoms with Crippen molar-refractivity contribution < 1.29 is 0 Å². The maximum atomic E-state index is 4.84. The Morgan fingerprint density at radius 2 is 1.96 bits per heavy atom. The minimum Gasteiger partial charge on any atom is -0.331 e. The Morgan fingerprint density at radius 3 is 2.73 bits per heavy atom. The van der Waals surface area contributed by atoms with Gasteiger partial charge >= 0.3 is 0 Å². The molecule has 0 saturated carbocycles. The third-order valence-electron chi connectivity index (χ3n) is 5.20. The molecule has 4 aromatic rings. The average Bonchev–Trinajstić information content (AvgIpc) is 3.18. The van der Waals surface area contributed by atoms with Crippen LogP contribution in [0.1, 0.15) is 29.8 Å². The van der Waals surface area contributed by atoms with Crippen molar-refractivity contribution in [1.82, 2.24) is 19.1 Å². The Bertz CT molecular complexity index is 1080. The molecular formula is C21H23BrN4. The van der Waals surface area contributed by atoms with Crippen molar-refractivity contribution in [3.8, 4) is 0 Å². The number of halogens is 1. The van der Waals surface area contributed by atoms with Crippen LogP contribution in [0.3, 0.4) is 0 Å². The number of alkyl halides is 1. The molecule has 0 saturated heterocycles. The highest BCUT2D eigenvalue weighted by molar-refractivity contribution is 9.09. The van der Waals surface area contributed by atoms with E-state index >= 15 is 0 Å². The Balaban J connectivity index is 1.70. The molecule has 0 N–H and O–H groups in total. The number of rotatable bonds is 5. The van der Waals surface area contributed by atoms with Gasteiger partial charge in [-0.25, -0.2) is 9.97 Å². The van der Waals surface area contributed by atoms with E-state index in [2.05, 4.69) is 81.3 Å². The third-order valence-corrected chi connectivity index (χ3v) is 5.56. The first kappa shape index (κ1) is 17.3. The maximum absolute atomic E-state index is 4.84. The molecule has 134 valence electrons. The van der Waals surface area contributed by atoms with Crippen LogP contribution in [-0.4, -0.2) is 24.4 Å². The zero-order valence-electron chi connectivity index (χ0n) is 15.4. The number of para-hydroxylation sites is 2. The topological polar surface area (TPSA) is 35.6 Å². The molecule has 0 fully saturated rings. The number of benzene rings is 2. The fraction of sp³-hybridized carbons (Fsp3) is 0.333. The van der Waals surface area contributed by atoms with Crippen molar-refractivity contribution in [2.45, 2.75) is 32.7 Å². The molecule has 0 aliphatic rings. The Labute approximate surface area is 162 Å². The summed E-state index contributed by atoms with van der Waals surface area (Å²) in [6.07, 6.45) is 2.86. The van der Waals surface area contributed by atoms with Gasteiger partial charge in [-0.2, -0.15) is 0 Å². The molecule has 0 spiro atoms. The van der Waals surface area contributed by atoms with Gasteiger partial charge in [0.05, 0.1) is 28.4 Å². The first-order valence-corrected chi connectivity index (χ1v) is 10.1. The molecule has 26 heavy (non-hydrogen) atoms. The van der Waals surface area contributed by atoms with Gasteiger partial charge in [-0.1, -0.05) is 41.1 Å². The summed E-state index contributed by atoms with van der Waals surface area (Å²) < 4.78 is 4.44. The van der Waals surface area contributed by atoms with Gasteiger partial charge in [-0.3, -0.25) is 0 Å². The normalized spacial score (nSPS) is 12.9. The second-order valence-electron chi connectivity index (χ2n) is 7.01. The van der Waals surface area contributed by atoms with Crippen molar-refractivity contribution in [3.63, 3.8) is 0 Å². The SMILES string of the molecule is Cc1cc(C(C)Cc2nc3ccccc3n2C)cc2c1ncn2CCBr. The van der Waals surface area contributed by atoms with E-state index in [4.69, 9.17) is 4.98 Å². The maximum Gasteiger partial charge on any atom is 0.110 e. The zero-order chi connectivity index (χ0) is 18.3. The molecule has 1 unspecified atom stereocenters. The van der Waals surface area contributed by atoms with Gasteiger partial charge in [0.15, 0.2) is 0 Å². The number of aromatic nitrogens is 4. The highest BCUT2D eigenvalue weighted by Gasteiger charge is 2.15. The molecule has 0 radical (unpaired) electrons. The number of aryl methyl sites for hydroxylation is 3. The van der Waals surface area contributed by atoms with Gasteiger partial charge in [-0.15, -0.1) is 0 Å². The predicted octanol–water partition coefficient (Wildman–Crippen LogP) is 4.97. The summed E-state index contributed by atoms with van der Waals surface area (Å²) in [4.78, 5) is 9.43. The van der Waals surface area contributed by atoms with Crippen molar-refractivity contribution >= 4 is 38.0 Å². The summed E-state index contributed by atoms with van der Waals surface area (Å²) in [6, 6.07) is 12.9. The number of imidazole rings is 2. The third kappa shape index (κ3) is 2.94. The molecule has 4 rings (SSSR count). The number of fused-ring (bicyclic) bond motifs is 2. The van der Waals surface area contributed by atoms with Crippen molar-refractivity contribution in [2.75, 3.05) is 5.33 Å². The lowest BCUT2D eigenvalue weighted by Gasteiger charge is -2.14. The highest BCUT2D eigenvalue weighted by Crippen LogP contribution is 2.27. The summed E-state index contributed by atoms with van der Waals surface area (Å²) in [5.41, 5.74) is 7.16. The lowest BCUT2D eigenvalue weighted by Crippen LogP contribution is -2.05. The Hall–Kier alpha value is -2.14. The van der Waals surface area contributed by atoms with Gasteiger partial charge < -0.3 is 9.13 Å². The van der Waals surface area contributed by atoms with E-state index in [9.17, 15) is 0 Å². The summed E-state index contributed by atoms with van der Waals surface area (Å²) >= 11 is 3.53. The van der Waals surface area contributed by atoms with E-state index in [0.717, 1.165) is 35.2 Å². The molecule has 2 heterocycles. The molecule has 2 aromatic heterocycles. The molecular weight excluding hydrogens is 388 g/mol. The Morgan fingerprint density at radius 1 is 1.15 bits per heavy atom. The number of hydrogen-bond donors (Lipinski definition) is 0. The minimum absolute atomic E-state index is 0.390. The molecule has 0 bridgehead atoms. The van der Waals surface area contributed by atoms with Crippen LogP contribution in [0.2, 0.25) is 0 Å². The van der Waals surface area contributed by atoms with Crippen LogP contribution in [0, 0.1) is 6.92 Å². The smallest absolute Gasteiger partial charge is 0.110 e. The largest absolute Gasteiger partial charge is 0.331 e.